The summed E-state index contributed by atoms with van der Waals surface area (Å²) in [7, 11) is 0. The first-order valence-electron chi connectivity index (χ1n) is 8.76. The van der Waals surface area contributed by atoms with E-state index in [9.17, 15) is 0 Å². The van der Waals surface area contributed by atoms with Crippen molar-refractivity contribution in [2.24, 2.45) is 5.73 Å². The highest BCUT2D eigenvalue weighted by molar-refractivity contribution is 9.10. The molecule has 0 unspecified atom stereocenters. The fourth-order valence-corrected chi connectivity index (χ4v) is 3.99. The van der Waals surface area contributed by atoms with Crippen molar-refractivity contribution in [3.8, 4) is 11.3 Å². The van der Waals surface area contributed by atoms with Crippen LogP contribution in [0.4, 0.5) is 0 Å². The number of H-pyrrole nitrogens is 1. The number of benzene rings is 3. The number of rotatable bonds is 5. The van der Waals surface area contributed by atoms with Crippen molar-refractivity contribution in [3.05, 3.63) is 70.7 Å². The molecular weight excluding hydrogens is 372 g/mol. The average Bonchev–Trinajstić information content (AvgIpc) is 3.01. The van der Waals surface area contributed by atoms with Gasteiger partial charge >= 0.3 is 0 Å². The van der Waals surface area contributed by atoms with E-state index in [1.54, 1.807) is 0 Å². The third-order valence-corrected chi connectivity index (χ3v) is 5.29. The summed E-state index contributed by atoms with van der Waals surface area (Å²) < 4.78 is 1.10. The van der Waals surface area contributed by atoms with Gasteiger partial charge in [0.25, 0.3) is 0 Å². The Bertz CT molecular complexity index is 1030. The predicted octanol–water partition coefficient (Wildman–Crippen LogP) is 6.03. The molecule has 1 aromatic heterocycles. The van der Waals surface area contributed by atoms with Crippen molar-refractivity contribution in [2.45, 2.75) is 19.3 Å². The zero-order valence-corrected chi connectivity index (χ0v) is 15.6. The summed E-state index contributed by atoms with van der Waals surface area (Å²) >= 11 is 3.60. The second-order valence-corrected chi connectivity index (χ2v) is 7.36. The van der Waals surface area contributed by atoms with Crippen LogP contribution in [0.3, 0.4) is 0 Å². The van der Waals surface area contributed by atoms with Crippen LogP contribution in [-0.2, 0) is 6.42 Å². The fourth-order valence-electron chi connectivity index (χ4n) is 3.59. The van der Waals surface area contributed by atoms with Gasteiger partial charge in [0, 0.05) is 20.9 Å². The molecule has 0 atom stereocenters. The second-order valence-electron chi connectivity index (χ2n) is 6.44. The maximum Gasteiger partial charge on any atom is 0.0541 e. The zero-order chi connectivity index (χ0) is 17.2. The number of unbranched alkanes of at least 4 members (excludes halogenated alkanes) is 1. The largest absolute Gasteiger partial charge is 0.354 e. The fraction of sp³-hybridized carbons (Fsp3) is 0.182. The lowest BCUT2D eigenvalue weighted by molar-refractivity contribution is 0.748. The molecule has 126 valence electrons. The van der Waals surface area contributed by atoms with Crippen LogP contribution in [0.2, 0.25) is 0 Å². The molecule has 4 aromatic rings. The summed E-state index contributed by atoms with van der Waals surface area (Å²) in [6, 6.07) is 21.6. The quantitative estimate of drug-likeness (QED) is 0.399. The summed E-state index contributed by atoms with van der Waals surface area (Å²) in [6.07, 6.45) is 3.20. The van der Waals surface area contributed by atoms with Crippen molar-refractivity contribution in [1.29, 1.82) is 0 Å². The number of aromatic nitrogens is 1. The first-order valence-corrected chi connectivity index (χ1v) is 9.55. The number of nitrogens with one attached hydrogen (secondary N) is 1. The number of fused-ring (bicyclic) bond motifs is 3. The summed E-state index contributed by atoms with van der Waals surface area (Å²) in [5.74, 6) is 0. The van der Waals surface area contributed by atoms with Crippen LogP contribution >= 0.6 is 15.9 Å². The lowest BCUT2D eigenvalue weighted by atomic mass is 9.99. The molecule has 0 aliphatic heterocycles. The Balaban J connectivity index is 1.95. The molecule has 0 bridgehead atoms. The van der Waals surface area contributed by atoms with Crippen LogP contribution < -0.4 is 5.73 Å². The van der Waals surface area contributed by atoms with E-state index in [4.69, 9.17) is 5.73 Å². The molecule has 0 fully saturated rings. The minimum Gasteiger partial charge on any atom is -0.354 e. The number of nitrogens with two attached hydrogens (primary N) is 1. The Kier molecular flexibility index (Phi) is 4.60. The maximum absolute atomic E-state index is 5.71. The highest BCUT2D eigenvalue weighted by Gasteiger charge is 2.15. The first-order chi connectivity index (χ1) is 12.3. The molecule has 2 nitrogen and oxygen atoms in total. The van der Waals surface area contributed by atoms with Gasteiger partial charge in [-0.05, 0) is 54.5 Å². The molecule has 1 heterocycles. The highest BCUT2D eigenvalue weighted by Crippen LogP contribution is 2.36. The van der Waals surface area contributed by atoms with E-state index < -0.39 is 0 Å². The van der Waals surface area contributed by atoms with Gasteiger partial charge in [0.2, 0.25) is 0 Å². The Morgan fingerprint density at radius 1 is 0.880 bits per heavy atom. The van der Waals surface area contributed by atoms with Crippen LogP contribution in [0.15, 0.2) is 65.1 Å². The van der Waals surface area contributed by atoms with Crippen molar-refractivity contribution in [1.82, 2.24) is 4.98 Å². The molecule has 3 N–H and O–H groups in total. The molecule has 0 saturated heterocycles. The van der Waals surface area contributed by atoms with Gasteiger partial charge in [-0.1, -0.05) is 64.5 Å². The number of hydrogen-bond donors (Lipinski definition) is 2. The molecule has 25 heavy (non-hydrogen) atoms. The van der Waals surface area contributed by atoms with Crippen molar-refractivity contribution >= 4 is 37.6 Å². The van der Waals surface area contributed by atoms with Crippen LogP contribution in [0.5, 0.6) is 0 Å². The van der Waals surface area contributed by atoms with E-state index in [1.807, 2.05) is 0 Å². The molecule has 4 rings (SSSR count). The van der Waals surface area contributed by atoms with Gasteiger partial charge in [-0.2, -0.15) is 0 Å². The maximum atomic E-state index is 5.71. The van der Waals surface area contributed by atoms with Gasteiger partial charge in [0.1, 0.15) is 0 Å². The lowest BCUT2D eigenvalue weighted by Crippen LogP contribution is -1.99. The molecule has 0 spiro atoms. The monoisotopic (exact) mass is 392 g/mol. The standard InChI is InChI=1S/C22H21BrN2/c23-17-8-5-7-16(14-17)21-19(10-3-4-13-24)20-12-11-15-6-1-2-9-18(15)22(20)25-21/h1-2,5-9,11-12,14,25H,3-4,10,13,24H2. The first kappa shape index (κ1) is 16.4. The van der Waals surface area contributed by atoms with Gasteiger partial charge in [0.05, 0.1) is 5.52 Å². The molecule has 0 saturated carbocycles. The topological polar surface area (TPSA) is 41.8 Å². The van der Waals surface area contributed by atoms with Crippen LogP contribution in [-0.4, -0.2) is 11.5 Å². The normalized spacial score (nSPS) is 11.4. The molecule has 0 radical (unpaired) electrons. The SMILES string of the molecule is NCCCCc1c(-c2cccc(Br)c2)[nH]c2c1ccc1ccccc12. The van der Waals surface area contributed by atoms with E-state index in [0.29, 0.717) is 0 Å². The van der Waals surface area contributed by atoms with Crippen LogP contribution in [0.1, 0.15) is 18.4 Å². The number of aromatic amines is 1. The summed E-state index contributed by atoms with van der Waals surface area (Å²) in [6.45, 7) is 0.748. The number of hydrogen-bond acceptors (Lipinski definition) is 1. The molecule has 3 aromatic carbocycles. The van der Waals surface area contributed by atoms with E-state index in [2.05, 4.69) is 81.6 Å². The third kappa shape index (κ3) is 3.10. The average molecular weight is 393 g/mol. The summed E-state index contributed by atoms with van der Waals surface area (Å²) in [5, 5.41) is 3.87. The Morgan fingerprint density at radius 3 is 2.60 bits per heavy atom. The smallest absolute Gasteiger partial charge is 0.0541 e. The van der Waals surface area contributed by atoms with Gasteiger partial charge in [0.15, 0.2) is 0 Å². The van der Waals surface area contributed by atoms with Crippen molar-refractivity contribution in [3.63, 3.8) is 0 Å². The molecule has 3 heteroatoms. The molecule has 0 aliphatic carbocycles. The van der Waals surface area contributed by atoms with Crippen LogP contribution in [0, 0.1) is 0 Å². The predicted molar refractivity (Wildman–Crippen MR) is 111 cm³/mol. The lowest BCUT2D eigenvalue weighted by Gasteiger charge is -2.06. The van der Waals surface area contributed by atoms with Crippen LogP contribution in [0.25, 0.3) is 32.9 Å². The summed E-state index contributed by atoms with van der Waals surface area (Å²) in [5.41, 5.74) is 10.8. The highest BCUT2D eigenvalue weighted by atomic mass is 79.9. The minimum absolute atomic E-state index is 0.748. The Hall–Kier alpha value is -2.10. The molecule has 0 aliphatic rings. The number of halogens is 1. The van der Waals surface area contributed by atoms with Gasteiger partial charge in [-0.15, -0.1) is 0 Å². The van der Waals surface area contributed by atoms with E-state index >= 15 is 0 Å². The van der Waals surface area contributed by atoms with Gasteiger partial charge in [-0.3, -0.25) is 0 Å². The van der Waals surface area contributed by atoms with E-state index in [1.165, 1.54) is 38.5 Å². The van der Waals surface area contributed by atoms with Gasteiger partial charge in [-0.25, -0.2) is 0 Å². The van der Waals surface area contributed by atoms with Gasteiger partial charge < -0.3 is 10.7 Å². The molecule has 0 amide bonds. The van der Waals surface area contributed by atoms with Crippen molar-refractivity contribution < 1.29 is 0 Å². The van der Waals surface area contributed by atoms with Crippen molar-refractivity contribution in [2.75, 3.05) is 6.54 Å². The summed E-state index contributed by atoms with van der Waals surface area (Å²) in [4.78, 5) is 3.73. The Labute approximate surface area is 156 Å². The van der Waals surface area contributed by atoms with E-state index in [-0.39, 0.29) is 0 Å². The van der Waals surface area contributed by atoms with E-state index in [0.717, 1.165) is 30.3 Å². The molecular formula is C22H21BrN2. The third-order valence-electron chi connectivity index (χ3n) is 4.80. The number of aryl methyl sites for hydroxylation is 1. The zero-order valence-electron chi connectivity index (χ0n) is 14.1. The second kappa shape index (κ2) is 7.03. The Morgan fingerprint density at radius 2 is 1.76 bits per heavy atom. The minimum atomic E-state index is 0.748.